The highest BCUT2D eigenvalue weighted by Gasteiger charge is 2.35. The molecule has 0 saturated carbocycles. The second-order valence-corrected chi connectivity index (χ2v) is 8.63. The lowest BCUT2D eigenvalue weighted by molar-refractivity contribution is -0.119. The van der Waals surface area contributed by atoms with E-state index in [0.29, 0.717) is 18.2 Å². The van der Waals surface area contributed by atoms with Gasteiger partial charge in [-0.1, -0.05) is 30.3 Å². The van der Waals surface area contributed by atoms with Gasteiger partial charge in [0.25, 0.3) is 5.91 Å². The number of primary amides is 1. The fourth-order valence-electron chi connectivity index (χ4n) is 4.36. The minimum Gasteiger partial charge on any atom is -0.497 e. The first-order chi connectivity index (χ1) is 16.0. The van der Waals surface area contributed by atoms with E-state index in [4.69, 9.17) is 10.5 Å². The second-order valence-electron chi connectivity index (χ2n) is 8.63. The van der Waals surface area contributed by atoms with E-state index in [-0.39, 0.29) is 12.3 Å². The predicted octanol–water partition coefficient (Wildman–Crippen LogP) is 2.14. The Morgan fingerprint density at radius 2 is 1.79 bits per heavy atom. The number of piperidine rings is 1. The maximum atomic E-state index is 12.7. The molecule has 174 valence electrons. The minimum absolute atomic E-state index is 0.219. The quantitative estimate of drug-likeness (QED) is 0.643. The van der Waals surface area contributed by atoms with E-state index >= 15 is 0 Å². The zero-order chi connectivity index (χ0) is 23.2. The van der Waals surface area contributed by atoms with Gasteiger partial charge < -0.3 is 15.8 Å². The lowest BCUT2D eigenvalue weighted by atomic mass is 9.96. The molecule has 0 radical (unpaired) electrons. The molecule has 3 N–H and O–H groups in total. The highest BCUT2D eigenvalue weighted by atomic mass is 16.5. The largest absolute Gasteiger partial charge is 0.497 e. The van der Waals surface area contributed by atoms with Crippen molar-refractivity contribution in [2.75, 3.05) is 31.8 Å². The zero-order valence-electron chi connectivity index (χ0n) is 18.9. The van der Waals surface area contributed by atoms with Crippen LogP contribution in [0.5, 0.6) is 5.75 Å². The average Bonchev–Trinajstić information content (AvgIpc) is 3.31. The van der Waals surface area contributed by atoms with Crippen LogP contribution in [0.4, 0.5) is 5.69 Å². The van der Waals surface area contributed by atoms with Gasteiger partial charge in [0.2, 0.25) is 5.91 Å². The summed E-state index contributed by atoms with van der Waals surface area (Å²) in [7, 11) is 1.67. The van der Waals surface area contributed by atoms with Crippen LogP contribution in [-0.2, 0) is 16.1 Å². The number of hydrogen-bond acceptors (Lipinski definition) is 6. The molecule has 33 heavy (non-hydrogen) atoms. The molecule has 4 rings (SSSR count). The van der Waals surface area contributed by atoms with Crippen LogP contribution >= 0.6 is 0 Å². The smallest absolute Gasteiger partial charge is 0.267 e. The van der Waals surface area contributed by atoms with Gasteiger partial charge in [-0.05, 0) is 61.7 Å². The van der Waals surface area contributed by atoms with Crippen LogP contribution in [0.3, 0.4) is 0 Å². The van der Waals surface area contributed by atoms with Gasteiger partial charge in [0.1, 0.15) is 17.5 Å². The third-order valence-electron chi connectivity index (χ3n) is 6.35. The zero-order valence-corrected chi connectivity index (χ0v) is 18.9. The molecule has 8 heteroatoms. The van der Waals surface area contributed by atoms with Gasteiger partial charge in [-0.3, -0.25) is 19.5 Å². The normalized spacial score (nSPS) is 19.2. The fraction of sp³-hybridized carbons (Fsp3) is 0.400. The van der Waals surface area contributed by atoms with Crippen molar-refractivity contribution in [3.8, 4) is 5.75 Å². The molecule has 8 nitrogen and oxygen atoms in total. The number of carbonyl (C=O) groups excluding carboxylic acids is 2. The third kappa shape index (κ3) is 5.70. The summed E-state index contributed by atoms with van der Waals surface area (Å²) in [6, 6.07) is 16.9. The Balaban J connectivity index is 1.25. The number of nitrogens with one attached hydrogen (secondary N) is 1. The number of hydrogen-bond donors (Lipinski definition) is 2. The van der Waals surface area contributed by atoms with Gasteiger partial charge in [0, 0.05) is 19.5 Å². The topological polar surface area (TPSA) is 100 Å². The fourth-order valence-corrected chi connectivity index (χ4v) is 4.36. The molecule has 2 aliphatic rings. The predicted molar refractivity (Wildman–Crippen MR) is 128 cm³/mol. The van der Waals surface area contributed by atoms with E-state index in [1.54, 1.807) is 12.1 Å². The molecule has 1 fully saturated rings. The van der Waals surface area contributed by atoms with Crippen LogP contribution in [0, 0.1) is 5.92 Å². The van der Waals surface area contributed by atoms with E-state index in [2.05, 4.69) is 27.5 Å². The maximum absolute atomic E-state index is 12.7. The van der Waals surface area contributed by atoms with Crippen molar-refractivity contribution in [3.63, 3.8) is 0 Å². The summed E-state index contributed by atoms with van der Waals surface area (Å²) in [4.78, 5) is 27.1. The number of ether oxygens (including phenoxy) is 1. The van der Waals surface area contributed by atoms with Crippen molar-refractivity contribution in [1.29, 1.82) is 0 Å². The molecule has 0 aromatic heterocycles. The standard InChI is InChI=1S/C25H31N5O3/c1-33-21-9-7-19(8-10-21)17-29-13-11-18(12-14-29)16-27-25(32)22-15-23(24(26)31)30(28-22)20-5-3-2-4-6-20/h2-10,18,23H,11-17H2,1H3,(H2,26,31)(H,27,32). The number of rotatable bonds is 8. The Labute approximate surface area is 194 Å². The van der Waals surface area contributed by atoms with Crippen molar-refractivity contribution < 1.29 is 14.3 Å². The molecule has 2 aromatic carbocycles. The Morgan fingerprint density at radius 3 is 2.42 bits per heavy atom. The number of anilines is 1. The number of nitrogens with two attached hydrogens (primary N) is 1. The third-order valence-corrected chi connectivity index (χ3v) is 6.35. The van der Waals surface area contributed by atoms with Crippen LogP contribution in [0.2, 0.25) is 0 Å². The minimum atomic E-state index is -0.644. The molecular formula is C25H31N5O3. The molecule has 0 bridgehead atoms. The van der Waals surface area contributed by atoms with Crippen molar-refractivity contribution in [3.05, 3.63) is 60.2 Å². The van der Waals surface area contributed by atoms with Gasteiger partial charge >= 0.3 is 0 Å². The van der Waals surface area contributed by atoms with Crippen LogP contribution in [0.1, 0.15) is 24.8 Å². The van der Waals surface area contributed by atoms with E-state index in [1.807, 2.05) is 42.5 Å². The molecular weight excluding hydrogens is 418 g/mol. The number of hydrazone groups is 1. The molecule has 1 unspecified atom stereocenters. The van der Waals surface area contributed by atoms with Crippen molar-refractivity contribution in [2.45, 2.75) is 31.8 Å². The molecule has 2 aliphatic heterocycles. The van der Waals surface area contributed by atoms with Gasteiger partial charge in [0.05, 0.1) is 12.8 Å². The van der Waals surface area contributed by atoms with E-state index in [0.717, 1.165) is 43.9 Å². The number of methoxy groups -OCH3 is 1. The molecule has 1 saturated heterocycles. The lowest BCUT2D eigenvalue weighted by Crippen LogP contribution is -2.41. The van der Waals surface area contributed by atoms with Crippen molar-refractivity contribution in [1.82, 2.24) is 10.2 Å². The summed E-state index contributed by atoms with van der Waals surface area (Å²) in [5, 5.41) is 8.99. The molecule has 0 spiro atoms. The molecule has 2 heterocycles. The van der Waals surface area contributed by atoms with Crippen LogP contribution in [0.15, 0.2) is 59.7 Å². The Morgan fingerprint density at radius 1 is 1.09 bits per heavy atom. The van der Waals surface area contributed by atoms with Gasteiger partial charge in [-0.25, -0.2) is 0 Å². The van der Waals surface area contributed by atoms with Crippen molar-refractivity contribution >= 4 is 23.2 Å². The number of carbonyl (C=O) groups is 2. The first-order valence-electron chi connectivity index (χ1n) is 11.4. The number of likely N-dealkylation sites (tertiary alicyclic amines) is 1. The van der Waals surface area contributed by atoms with Gasteiger partial charge in [0.15, 0.2) is 0 Å². The SMILES string of the molecule is COc1ccc(CN2CCC(CNC(=O)C3=NN(c4ccccc4)C(C(N)=O)C3)CC2)cc1. The number of amides is 2. The monoisotopic (exact) mass is 449 g/mol. The molecule has 2 aromatic rings. The summed E-state index contributed by atoms with van der Waals surface area (Å²) in [5.74, 6) is 0.587. The van der Waals surface area contributed by atoms with Crippen LogP contribution in [-0.4, -0.2) is 55.2 Å². The van der Waals surface area contributed by atoms with Crippen LogP contribution in [0.25, 0.3) is 0 Å². The lowest BCUT2D eigenvalue weighted by Gasteiger charge is -2.32. The first kappa shape index (κ1) is 22.8. The summed E-state index contributed by atoms with van der Waals surface area (Å²) in [5.41, 5.74) is 7.93. The average molecular weight is 450 g/mol. The summed E-state index contributed by atoms with van der Waals surface area (Å²) < 4.78 is 5.22. The van der Waals surface area contributed by atoms with Crippen LogP contribution < -0.4 is 20.8 Å². The Hall–Kier alpha value is -3.39. The Bertz CT molecular complexity index is 985. The molecule has 0 aliphatic carbocycles. The van der Waals surface area contributed by atoms with E-state index in [1.165, 1.54) is 5.56 Å². The van der Waals surface area contributed by atoms with Gasteiger partial charge in [-0.15, -0.1) is 0 Å². The second kappa shape index (κ2) is 10.5. The molecule has 1 atom stereocenters. The highest BCUT2D eigenvalue weighted by Crippen LogP contribution is 2.25. The Kier molecular flexibility index (Phi) is 7.24. The number of benzene rings is 2. The van der Waals surface area contributed by atoms with Crippen molar-refractivity contribution in [2.24, 2.45) is 16.8 Å². The summed E-state index contributed by atoms with van der Waals surface area (Å²) in [6.45, 7) is 3.53. The first-order valence-corrected chi connectivity index (χ1v) is 11.4. The number of nitrogens with zero attached hydrogens (tertiary/aromatic N) is 3. The highest BCUT2D eigenvalue weighted by molar-refractivity contribution is 6.40. The number of para-hydroxylation sites is 1. The van der Waals surface area contributed by atoms with E-state index in [9.17, 15) is 9.59 Å². The summed E-state index contributed by atoms with van der Waals surface area (Å²) >= 11 is 0. The van der Waals surface area contributed by atoms with Gasteiger partial charge in [-0.2, -0.15) is 5.10 Å². The molecule has 2 amide bonds. The summed E-state index contributed by atoms with van der Waals surface area (Å²) in [6.07, 6.45) is 2.28. The maximum Gasteiger partial charge on any atom is 0.267 e. The van der Waals surface area contributed by atoms with E-state index < -0.39 is 11.9 Å².